The molecule has 0 aliphatic carbocycles. The van der Waals surface area contributed by atoms with Crippen LogP contribution in [-0.2, 0) is 14.3 Å². The van der Waals surface area contributed by atoms with E-state index in [4.69, 9.17) is 14.6 Å². The molecular weight excluding hydrogens is 175 g/mol. The monoisotopic (exact) mass is 185 g/mol. The van der Waals surface area contributed by atoms with Gasteiger partial charge in [0.25, 0.3) is 0 Å². The molecule has 4 nitrogen and oxygen atoms in total. The van der Waals surface area contributed by atoms with Crippen molar-refractivity contribution < 1.29 is 19.4 Å². The van der Waals surface area contributed by atoms with E-state index in [1.54, 1.807) is 13.8 Å². The SMILES string of the molecule is CC1(C)OC[C@@H](C(=O)O)O1.[K]. The van der Waals surface area contributed by atoms with Crippen LogP contribution in [-0.4, -0.2) is 81.0 Å². The molecule has 1 aliphatic rings. The number of hydrogen-bond donors (Lipinski definition) is 1. The van der Waals surface area contributed by atoms with Gasteiger partial charge in [-0.15, -0.1) is 0 Å². The Hall–Kier alpha value is 1.03. The van der Waals surface area contributed by atoms with Crippen LogP contribution >= 0.6 is 0 Å². The van der Waals surface area contributed by atoms with E-state index in [9.17, 15) is 4.79 Å². The molecule has 0 aromatic carbocycles. The smallest absolute Gasteiger partial charge is 0.335 e. The van der Waals surface area contributed by atoms with Crippen LogP contribution in [0.1, 0.15) is 13.8 Å². The average Bonchev–Trinajstić information content (AvgIpc) is 2.10. The van der Waals surface area contributed by atoms with Gasteiger partial charge in [-0.05, 0) is 13.8 Å². The van der Waals surface area contributed by atoms with Gasteiger partial charge in [0, 0.05) is 51.4 Å². The minimum atomic E-state index is -0.967. The molecule has 0 saturated carbocycles. The first-order chi connectivity index (χ1) is 4.51. The Morgan fingerprint density at radius 2 is 2.18 bits per heavy atom. The van der Waals surface area contributed by atoms with Crippen LogP contribution in [0.4, 0.5) is 0 Å². The molecule has 1 radical (unpaired) electrons. The summed E-state index contributed by atoms with van der Waals surface area (Å²) in [6, 6.07) is 0. The van der Waals surface area contributed by atoms with Crippen molar-refractivity contribution >= 4 is 57.4 Å². The molecule has 1 rings (SSSR count). The quantitative estimate of drug-likeness (QED) is 0.577. The predicted octanol–water partition coefficient (Wildman–Crippen LogP) is -0.158. The number of rotatable bonds is 1. The van der Waals surface area contributed by atoms with E-state index in [0.29, 0.717) is 0 Å². The molecule has 1 saturated heterocycles. The first-order valence-corrected chi connectivity index (χ1v) is 3.06. The Bertz CT molecular complexity index is 157. The normalized spacial score (nSPS) is 27.6. The number of carbonyl (C=O) groups is 1. The molecule has 0 unspecified atom stereocenters. The van der Waals surface area contributed by atoms with Crippen molar-refractivity contribution in [3.05, 3.63) is 0 Å². The van der Waals surface area contributed by atoms with Crippen molar-refractivity contribution in [1.29, 1.82) is 0 Å². The van der Waals surface area contributed by atoms with E-state index < -0.39 is 17.9 Å². The number of ether oxygens (including phenoxy) is 2. The van der Waals surface area contributed by atoms with Crippen LogP contribution in [0.3, 0.4) is 0 Å². The summed E-state index contributed by atoms with van der Waals surface area (Å²) >= 11 is 0. The average molecular weight is 185 g/mol. The van der Waals surface area contributed by atoms with Crippen LogP contribution in [0.25, 0.3) is 0 Å². The molecule has 5 heteroatoms. The molecule has 0 aromatic rings. The molecule has 59 valence electrons. The van der Waals surface area contributed by atoms with Crippen LogP contribution in [0, 0.1) is 0 Å². The number of carboxylic acid groups (broad SMARTS) is 1. The van der Waals surface area contributed by atoms with Crippen LogP contribution in [0.5, 0.6) is 0 Å². The largest absolute Gasteiger partial charge is 0.479 e. The van der Waals surface area contributed by atoms with Crippen LogP contribution < -0.4 is 0 Å². The first-order valence-electron chi connectivity index (χ1n) is 3.06. The Balaban J connectivity index is 0.000001000. The van der Waals surface area contributed by atoms with Gasteiger partial charge < -0.3 is 14.6 Å². The van der Waals surface area contributed by atoms with Crippen molar-refractivity contribution in [2.24, 2.45) is 0 Å². The summed E-state index contributed by atoms with van der Waals surface area (Å²) in [5, 5.41) is 8.44. The molecule has 0 aromatic heterocycles. The van der Waals surface area contributed by atoms with Gasteiger partial charge >= 0.3 is 5.97 Å². The maximum absolute atomic E-state index is 10.3. The third-order valence-corrected chi connectivity index (χ3v) is 1.28. The molecule has 1 fully saturated rings. The Labute approximate surface area is 108 Å². The summed E-state index contributed by atoms with van der Waals surface area (Å²) in [6.45, 7) is 3.52. The summed E-state index contributed by atoms with van der Waals surface area (Å²) in [7, 11) is 0. The van der Waals surface area contributed by atoms with Crippen molar-refractivity contribution in [2.75, 3.05) is 6.61 Å². The van der Waals surface area contributed by atoms with Gasteiger partial charge in [0.15, 0.2) is 11.9 Å². The Morgan fingerprint density at radius 1 is 1.64 bits per heavy atom. The fourth-order valence-corrected chi connectivity index (χ4v) is 0.809. The minimum Gasteiger partial charge on any atom is -0.479 e. The molecule has 0 spiro atoms. The molecule has 0 amide bonds. The van der Waals surface area contributed by atoms with Crippen molar-refractivity contribution in [3.63, 3.8) is 0 Å². The fraction of sp³-hybridized carbons (Fsp3) is 0.833. The number of carboxylic acids is 1. The molecule has 11 heavy (non-hydrogen) atoms. The third kappa shape index (κ3) is 3.50. The van der Waals surface area contributed by atoms with Gasteiger partial charge in [-0.3, -0.25) is 0 Å². The maximum Gasteiger partial charge on any atom is 0.335 e. The van der Waals surface area contributed by atoms with E-state index in [-0.39, 0.29) is 58.0 Å². The number of hydrogen-bond acceptors (Lipinski definition) is 3. The van der Waals surface area contributed by atoms with Crippen molar-refractivity contribution in [1.82, 2.24) is 0 Å². The molecule has 1 heterocycles. The zero-order chi connectivity index (χ0) is 7.78. The third-order valence-electron chi connectivity index (χ3n) is 1.28. The van der Waals surface area contributed by atoms with E-state index in [1.165, 1.54) is 0 Å². The standard InChI is InChI=1S/C6H10O4.K/c1-6(2)9-3-4(10-6)5(7)8;/h4H,3H2,1-2H3,(H,7,8);/t4-;/m0./s1. The molecule has 1 atom stereocenters. The van der Waals surface area contributed by atoms with E-state index in [1.807, 2.05) is 0 Å². The van der Waals surface area contributed by atoms with Crippen molar-refractivity contribution in [2.45, 2.75) is 25.7 Å². The Morgan fingerprint density at radius 3 is 2.36 bits per heavy atom. The minimum absolute atomic E-state index is 0. The molecule has 1 N–H and O–H groups in total. The van der Waals surface area contributed by atoms with E-state index >= 15 is 0 Å². The van der Waals surface area contributed by atoms with Crippen LogP contribution in [0.2, 0.25) is 0 Å². The summed E-state index contributed by atoms with van der Waals surface area (Å²) in [6.07, 6.45) is -0.796. The second kappa shape index (κ2) is 4.32. The summed E-state index contributed by atoms with van der Waals surface area (Å²) in [5.41, 5.74) is 0. The van der Waals surface area contributed by atoms with E-state index in [2.05, 4.69) is 0 Å². The topological polar surface area (TPSA) is 55.8 Å². The fourth-order valence-electron chi connectivity index (χ4n) is 0.809. The zero-order valence-corrected chi connectivity index (χ0v) is 10.1. The van der Waals surface area contributed by atoms with Gasteiger partial charge in [0.05, 0.1) is 6.61 Å². The zero-order valence-electron chi connectivity index (χ0n) is 6.96. The van der Waals surface area contributed by atoms with E-state index in [0.717, 1.165) is 0 Å². The number of aliphatic carboxylic acids is 1. The summed E-state index contributed by atoms with van der Waals surface area (Å²) < 4.78 is 10.00. The maximum atomic E-state index is 10.3. The van der Waals surface area contributed by atoms with Gasteiger partial charge in [-0.2, -0.15) is 0 Å². The predicted molar refractivity (Wildman–Crippen MR) is 38.3 cm³/mol. The first kappa shape index (κ1) is 12.0. The molecule has 1 aliphatic heterocycles. The van der Waals surface area contributed by atoms with Gasteiger partial charge in [-0.25, -0.2) is 4.79 Å². The molecular formula is C6H10KO4. The van der Waals surface area contributed by atoms with Gasteiger partial charge in [-0.1, -0.05) is 0 Å². The van der Waals surface area contributed by atoms with Crippen molar-refractivity contribution in [3.8, 4) is 0 Å². The Kier molecular flexibility index (Phi) is 4.72. The van der Waals surface area contributed by atoms with Crippen LogP contribution in [0.15, 0.2) is 0 Å². The summed E-state index contributed by atoms with van der Waals surface area (Å²) in [4.78, 5) is 10.3. The summed E-state index contributed by atoms with van der Waals surface area (Å²) in [5.74, 6) is -1.70. The van der Waals surface area contributed by atoms with Gasteiger partial charge in [0.2, 0.25) is 0 Å². The molecule has 0 bridgehead atoms. The second-order valence-corrected chi connectivity index (χ2v) is 2.66. The van der Waals surface area contributed by atoms with Gasteiger partial charge in [0.1, 0.15) is 0 Å². The second-order valence-electron chi connectivity index (χ2n) is 2.66.